The summed E-state index contributed by atoms with van der Waals surface area (Å²) >= 11 is 0. The molecule has 1 heterocycles. The van der Waals surface area contributed by atoms with Crippen molar-refractivity contribution in [3.63, 3.8) is 0 Å². The molecule has 0 aliphatic carbocycles. The maximum Gasteiger partial charge on any atom is 0.239 e. The molecule has 1 rings (SSSR count). The van der Waals surface area contributed by atoms with Crippen LogP contribution in [0.15, 0.2) is 6.33 Å². The Morgan fingerprint density at radius 3 is 2.62 bits per heavy atom. The standard InChI is InChI=1S/C9H18N4/c1-7(2)4-8(3)5-13-6-11-9(10)12-13/h6-8H,4-5H2,1-3H3,(H2,10,12). The molecule has 0 bridgehead atoms. The Hall–Kier alpha value is -1.06. The van der Waals surface area contributed by atoms with Crippen molar-refractivity contribution in [2.75, 3.05) is 5.73 Å². The van der Waals surface area contributed by atoms with Gasteiger partial charge in [0, 0.05) is 6.54 Å². The third kappa shape index (κ3) is 3.44. The van der Waals surface area contributed by atoms with Gasteiger partial charge in [-0.25, -0.2) is 4.98 Å². The molecule has 0 radical (unpaired) electrons. The summed E-state index contributed by atoms with van der Waals surface area (Å²) in [5.41, 5.74) is 5.41. The average molecular weight is 182 g/mol. The van der Waals surface area contributed by atoms with Crippen LogP contribution in [0.1, 0.15) is 27.2 Å². The predicted octanol–water partition coefficient (Wildman–Crippen LogP) is 1.54. The molecule has 0 aliphatic heterocycles. The van der Waals surface area contributed by atoms with Gasteiger partial charge < -0.3 is 5.73 Å². The van der Waals surface area contributed by atoms with Crippen LogP contribution < -0.4 is 5.73 Å². The highest BCUT2D eigenvalue weighted by Gasteiger charge is 2.06. The first kappa shape index (κ1) is 10.0. The molecule has 2 N–H and O–H groups in total. The summed E-state index contributed by atoms with van der Waals surface area (Å²) in [5, 5.41) is 4.04. The Morgan fingerprint density at radius 2 is 2.15 bits per heavy atom. The number of nitrogens with zero attached hydrogens (tertiary/aromatic N) is 3. The number of aromatic nitrogens is 3. The van der Waals surface area contributed by atoms with Crippen LogP contribution in [0.5, 0.6) is 0 Å². The zero-order chi connectivity index (χ0) is 9.84. The number of hydrogen-bond donors (Lipinski definition) is 1. The Kier molecular flexibility index (Phi) is 3.28. The fourth-order valence-corrected chi connectivity index (χ4v) is 1.60. The Bertz CT molecular complexity index is 254. The van der Waals surface area contributed by atoms with Crippen LogP contribution in [0.3, 0.4) is 0 Å². The molecular formula is C9H18N4. The van der Waals surface area contributed by atoms with E-state index in [-0.39, 0.29) is 0 Å². The van der Waals surface area contributed by atoms with E-state index < -0.39 is 0 Å². The molecule has 1 aromatic heterocycles. The van der Waals surface area contributed by atoms with Gasteiger partial charge in [-0.15, -0.1) is 5.10 Å². The van der Waals surface area contributed by atoms with Crippen LogP contribution in [0, 0.1) is 11.8 Å². The van der Waals surface area contributed by atoms with E-state index in [1.807, 2.05) is 4.68 Å². The van der Waals surface area contributed by atoms with E-state index in [9.17, 15) is 0 Å². The third-order valence-corrected chi connectivity index (χ3v) is 1.93. The summed E-state index contributed by atoms with van der Waals surface area (Å²) < 4.78 is 1.81. The second-order valence-electron chi connectivity index (χ2n) is 4.06. The first-order chi connectivity index (χ1) is 6.08. The average Bonchev–Trinajstić information content (AvgIpc) is 2.33. The van der Waals surface area contributed by atoms with Gasteiger partial charge in [-0.3, -0.25) is 4.68 Å². The molecule has 0 fully saturated rings. The highest BCUT2D eigenvalue weighted by Crippen LogP contribution is 2.12. The summed E-state index contributed by atoms with van der Waals surface area (Å²) in [5.74, 6) is 1.72. The van der Waals surface area contributed by atoms with Gasteiger partial charge in [-0.05, 0) is 18.3 Å². The number of nitrogen functional groups attached to an aromatic ring is 1. The number of rotatable bonds is 4. The van der Waals surface area contributed by atoms with E-state index >= 15 is 0 Å². The first-order valence-electron chi connectivity index (χ1n) is 4.73. The fourth-order valence-electron chi connectivity index (χ4n) is 1.60. The molecule has 0 amide bonds. The summed E-state index contributed by atoms with van der Waals surface area (Å²) in [6.45, 7) is 7.58. The second kappa shape index (κ2) is 4.25. The number of hydrogen-bond acceptors (Lipinski definition) is 3. The lowest BCUT2D eigenvalue weighted by atomic mass is 9.99. The van der Waals surface area contributed by atoms with Crippen LogP contribution >= 0.6 is 0 Å². The van der Waals surface area contributed by atoms with Crippen molar-refractivity contribution in [3.8, 4) is 0 Å². The minimum atomic E-state index is 0.358. The van der Waals surface area contributed by atoms with Crippen LogP contribution in [0.4, 0.5) is 5.95 Å². The number of anilines is 1. The summed E-state index contributed by atoms with van der Waals surface area (Å²) in [6, 6.07) is 0. The third-order valence-electron chi connectivity index (χ3n) is 1.93. The molecule has 0 saturated heterocycles. The molecular weight excluding hydrogens is 164 g/mol. The molecule has 1 unspecified atom stereocenters. The van der Waals surface area contributed by atoms with Gasteiger partial charge in [0.2, 0.25) is 5.95 Å². The predicted molar refractivity (Wildman–Crippen MR) is 53.1 cm³/mol. The molecule has 4 heteroatoms. The largest absolute Gasteiger partial charge is 0.367 e. The van der Waals surface area contributed by atoms with Crippen molar-refractivity contribution >= 4 is 5.95 Å². The summed E-state index contributed by atoms with van der Waals surface area (Å²) in [7, 11) is 0. The molecule has 0 aliphatic rings. The van der Waals surface area contributed by atoms with Gasteiger partial charge in [0.15, 0.2) is 0 Å². The van der Waals surface area contributed by atoms with E-state index in [1.165, 1.54) is 6.42 Å². The van der Waals surface area contributed by atoms with Crippen molar-refractivity contribution in [3.05, 3.63) is 6.33 Å². The Morgan fingerprint density at radius 1 is 1.46 bits per heavy atom. The van der Waals surface area contributed by atoms with Gasteiger partial charge in [0.05, 0.1) is 0 Å². The fraction of sp³-hybridized carbons (Fsp3) is 0.778. The Labute approximate surface area is 79.2 Å². The highest BCUT2D eigenvalue weighted by atomic mass is 15.4. The monoisotopic (exact) mass is 182 g/mol. The van der Waals surface area contributed by atoms with Crippen molar-refractivity contribution in [1.29, 1.82) is 0 Å². The molecule has 74 valence electrons. The van der Waals surface area contributed by atoms with Crippen molar-refractivity contribution in [1.82, 2.24) is 14.8 Å². The molecule has 1 atom stereocenters. The topological polar surface area (TPSA) is 56.7 Å². The van der Waals surface area contributed by atoms with Gasteiger partial charge in [-0.1, -0.05) is 20.8 Å². The lowest BCUT2D eigenvalue weighted by Gasteiger charge is -2.12. The van der Waals surface area contributed by atoms with Crippen molar-refractivity contribution in [2.24, 2.45) is 11.8 Å². The van der Waals surface area contributed by atoms with Crippen LogP contribution in [0.2, 0.25) is 0 Å². The second-order valence-corrected chi connectivity index (χ2v) is 4.06. The molecule has 0 aromatic carbocycles. The van der Waals surface area contributed by atoms with E-state index in [1.54, 1.807) is 6.33 Å². The highest BCUT2D eigenvalue weighted by molar-refractivity contribution is 5.09. The van der Waals surface area contributed by atoms with Gasteiger partial charge in [-0.2, -0.15) is 0 Å². The SMILES string of the molecule is CC(C)CC(C)Cn1cnc(N)n1. The zero-order valence-corrected chi connectivity index (χ0v) is 8.57. The normalized spacial score (nSPS) is 13.5. The molecule has 1 aromatic rings. The molecule has 4 nitrogen and oxygen atoms in total. The van der Waals surface area contributed by atoms with Gasteiger partial charge in [0.1, 0.15) is 6.33 Å². The first-order valence-corrected chi connectivity index (χ1v) is 4.73. The zero-order valence-electron chi connectivity index (χ0n) is 8.57. The minimum Gasteiger partial charge on any atom is -0.367 e. The van der Waals surface area contributed by atoms with Crippen molar-refractivity contribution < 1.29 is 0 Å². The number of nitrogens with two attached hydrogens (primary N) is 1. The quantitative estimate of drug-likeness (QED) is 0.768. The smallest absolute Gasteiger partial charge is 0.239 e. The maximum absolute atomic E-state index is 5.41. The van der Waals surface area contributed by atoms with E-state index in [4.69, 9.17) is 5.73 Å². The summed E-state index contributed by atoms with van der Waals surface area (Å²) in [4.78, 5) is 3.88. The van der Waals surface area contributed by atoms with E-state index in [0.717, 1.165) is 12.5 Å². The lowest BCUT2D eigenvalue weighted by molar-refractivity contribution is 0.373. The lowest BCUT2D eigenvalue weighted by Crippen LogP contribution is -2.10. The van der Waals surface area contributed by atoms with Gasteiger partial charge in [0.25, 0.3) is 0 Å². The van der Waals surface area contributed by atoms with Crippen LogP contribution in [-0.4, -0.2) is 14.8 Å². The molecule has 0 saturated carbocycles. The van der Waals surface area contributed by atoms with E-state index in [0.29, 0.717) is 11.9 Å². The van der Waals surface area contributed by atoms with E-state index in [2.05, 4.69) is 30.9 Å². The molecule has 13 heavy (non-hydrogen) atoms. The Balaban J connectivity index is 2.40. The minimum absolute atomic E-state index is 0.358. The van der Waals surface area contributed by atoms with Crippen LogP contribution in [-0.2, 0) is 6.54 Å². The van der Waals surface area contributed by atoms with Crippen molar-refractivity contribution in [2.45, 2.75) is 33.7 Å². The maximum atomic E-state index is 5.41. The summed E-state index contributed by atoms with van der Waals surface area (Å²) in [6.07, 6.45) is 2.89. The van der Waals surface area contributed by atoms with Gasteiger partial charge >= 0.3 is 0 Å². The van der Waals surface area contributed by atoms with Crippen LogP contribution in [0.25, 0.3) is 0 Å². The molecule has 0 spiro atoms.